The van der Waals surface area contributed by atoms with Crippen molar-refractivity contribution in [3.8, 4) is 0 Å². The van der Waals surface area contributed by atoms with Gasteiger partial charge in [0, 0.05) is 15.4 Å². The molecule has 3 aromatic rings. The topological polar surface area (TPSA) is 20.3 Å². The maximum absolute atomic E-state index is 12.9. The van der Waals surface area contributed by atoms with E-state index in [1.807, 2.05) is 59.5 Å². The van der Waals surface area contributed by atoms with Crippen LogP contribution < -0.4 is 0 Å². The van der Waals surface area contributed by atoms with Crippen LogP contribution in [0.2, 0.25) is 0 Å². The molecule has 0 fully saturated rings. The second-order valence-electron chi connectivity index (χ2n) is 5.73. The lowest BCUT2D eigenvalue weighted by atomic mass is 10.1. The molecule has 124 valence electrons. The molecule has 1 heterocycles. The van der Waals surface area contributed by atoms with E-state index in [1.165, 1.54) is 9.79 Å². The summed E-state index contributed by atoms with van der Waals surface area (Å²) in [6.07, 6.45) is 0. The average molecular weight is 364 g/mol. The lowest BCUT2D eigenvalue weighted by molar-refractivity contribution is 0.0804. The summed E-state index contributed by atoms with van der Waals surface area (Å²) in [7, 11) is 0. The molecule has 0 saturated heterocycles. The molecule has 0 spiro atoms. The van der Waals surface area contributed by atoms with Gasteiger partial charge in [0.25, 0.3) is 5.91 Å². The van der Waals surface area contributed by atoms with Gasteiger partial charge in [-0.2, -0.15) is 0 Å². The van der Waals surface area contributed by atoms with Crippen molar-refractivity contribution in [3.63, 3.8) is 0 Å². The van der Waals surface area contributed by atoms with E-state index in [4.69, 9.17) is 0 Å². The normalized spacial score (nSPS) is 16.1. The molecule has 1 atom stereocenters. The molecule has 4 heteroatoms. The van der Waals surface area contributed by atoms with Gasteiger partial charge in [-0.15, -0.1) is 11.8 Å². The van der Waals surface area contributed by atoms with E-state index in [-0.39, 0.29) is 11.3 Å². The van der Waals surface area contributed by atoms with E-state index >= 15 is 0 Å². The molecule has 4 rings (SSSR count). The Bertz CT molecular complexity index is 867. The van der Waals surface area contributed by atoms with E-state index in [9.17, 15) is 4.79 Å². The monoisotopic (exact) mass is 363 g/mol. The first-order chi connectivity index (χ1) is 12.3. The van der Waals surface area contributed by atoms with Crippen molar-refractivity contribution in [3.05, 3.63) is 96.1 Å². The minimum atomic E-state index is 0.0160. The number of fused-ring (bicyclic) bond motifs is 1. The van der Waals surface area contributed by atoms with Crippen LogP contribution in [-0.2, 0) is 0 Å². The number of carbonyl (C=O) groups is 1. The summed E-state index contributed by atoms with van der Waals surface area (Å²) in [5.74, 6) is 0.759. The van der Waals surface area contributed by atoms with Crippen molar-refractivity contribution < 1.29 is 4.79 Å². The number of nitrogens with zero attached hydrogens (tertiary/aromatic N) is 1. The van der Waals surface area contributed by atoms with Gasteiger partial charge in [0.05, 0.1) is 5.88 Å². The molecule has 25 heavy (non-hydrogen) atoms. The van der Waals surface area contributed by atoms with Crippen molar-refractivity contribution in [2.24, 2.45) is 0 Å². The molecule has 3 aromatic carbocycles. The highest BCUT2D eigenvalue weighted by Crippen LogP contribution is 2.45. The zero-order valence-corrected chi connectivity index (χ0v) is 15.2. The summed E-state index contributed by atoms with van der Waals surface area (Å²) in [5.41, 5.74) is 1.93. The third-order valence-corrected chi connectivity index (χ3v) is 6.39. The molecule has 0 radical (unpaired) electrons. The average Bonchev–Trinajstić information content (AvgIpc) is 2.94. The second kappa shape index (κ2) is 7.38. The Labute approximate surface area is 156 Å². The van der Waals surface area contributed by atoms with Gasteiger partial charge in [-0.1, -0.05) is 66.4 Å². The van der Waals surface area contributed by atoms with Gasteiger partial charge < -0.3 is 4.90 Å². The standard InChI is InChI=1S/C21H17NOS2/c23-20-18-13-7-8-14-19(18)21(25-17-11-5-2-6-12-17)22(20)15-24-16-9-3-1-4-10-16/h1-14,21H,15H2. The van der Waals surface area contributed by atoms with Crippen molar-refractivity contribution >= 4 is 29.4 Å². The molecule has 2 nitrogen and oxygen atoms in total. The first-order valence-electron chi connectivity index (χ1n) is 8.12. The van der Waals surface area contributed by atoms with Gasteiger partial charge in [0.15, 0.2) is 0 Å². The molecule has 1 unspecified atom stereocenters. The molecular weight excluding hydrogens is 346 g/mol. The Hall–Kier alpha value is -2.17. The number of hydrogen-bond acceptors (Lipinski definition) is 3. The molecule has 1 aliphatic heterocycles. The van der Waals surface area contributed by atoms with Crippen LogP contribution in [0.1, 0.15) is 21.3 Å². The highest BCUT2D eigenvalue weighted by molar-refractivity contribution is 8.00. The minimum absolute atomic E-state index is 0.0160. The fraction of sp³-hybridized carbons (Fsp3) is 0.0952. The number of thioether (sulfide) groups is 2. The Kier molecular flexibility index (Phi) is 4.81. The smallest absolute Gasteiger partial charge is 0.256 e. The van der Waals surface area contributed by atoms with Gasteiger partial charge in [0.2, 0.25) is 0 Å². The molecule has 0 aliphatic carbocycles. The van der Waals surface area contributed by atoms with E-state index in [2.05, 4.69) is 30.3 Å². The third-order valence-electron chi connectivity index (χ3n) is 4.11. The zero-order chi connectivity index (χ0) is 17.1. The Balaban J connectivity index is 1.60. The number of carbonyl (C=O) groups excluding carboxylic acids is 1. The second-order valence-corrected chi connectivity index (χ2v) is 7.90. The molecular formula is C21H17NOS2. The highest BCUT2D eigenvalue weighted by atomic mass is 32.2. The van der Waals surface area contributed by atoms with Crippen LogP contribution in [-0.4, -0.2) is 16.7 Å². The van der Waals surface area contributed by atoms with E-state index < -0.39 is 0 Å². The van der Waals surface area contributed by atoms with E-state index in [0.29, 0.717) is 5.88 Å². The molecule has 0 N–H and O–H groups in total. The van der Waals surface area contributed by atoms with Crippen LogP contribution in [0.3, 0.4) is 0 Å². The predicted molar refractivity (Wildman–Crippen MR) is 105 cm³/mol. The molecule has 1 amide bonds. The minimum Gasteiger partial charge on any atom is -0.313 e. The summed E-state index contributed by atoms with van der Waals surface area (Å²) < 4.78 is 0. The van der Waals surface area contributed by atoms with Gasteiger partial charge in [-0.05, 0) is 35.9 Å². The van der Waals surface area contributed by atoms with Crippen LogP contribution in [0.25, 0.3) is 0 Å². The third kappa shape index (κ3) is 3.46. The molecule has 0 aromatic heterocycles. The summed E-state index contributed by atoms with van der Waals surface area (Å²) in [4.78, 5) is 17.2. The van der Waals surface area contributed by atoms with Gasteiger partial charge in [-0.25, -0.2) is 0 Å². The summed E-state index contributed by atoms with van der Waals surface area (Å²) >= 11 is 3.43. The van der Waals surface area contributed by atoms with Crippen LogP contribution in [0, 0.1) is 0 Å². The lowest BCUT2D eigenvalue weighted by Gasteiger charge is -2.24. The van der Waals surface area contributed by atoms with Gasteiger partial charge >= 0.3 is 0 Å². The Morgan fingerprint density at radius 1 is 0.760 bits per heavy atom. The number of rotatable bonds is 5. The number of amides is 1. The van der Waals surface area contributed by atoms with Gasteiger partial charge in [-0.3, -0.25) is 4.79 Å². The van der Waals surface area contributed by atoms with E-state index in [1.54, 1.807) is 23.5 Å². The quantitative estimate of drug-likeness (QED) is 0.544. The Morgan fingerprint density at radius 3 is 2.08 bits per heavy atom. The summed E-state index contributed by atoms with van der Waals surface area (Å²) in [6, 6.07) is 28.5. The summed E-state index contributed by atoms with van der Waals surface area (Å²) in [6.45, 7) is 0. The highest BCUT2D eigenvalue weighted by Gasteiger charge is 2.36. The van der Waals surface area contributed by atoms with E-state index in [0.717, 1.165) is 11.1 Å². The van der Waals surface area contributed by atoms with Crippen LogP contribution in [0.4, 0.5) is 0 Å². The van der Waals surface area contributed by atoms with Crippen LogP contribution in [0.15, 0.2) is 94.7 Å². The SMILES string of the molecule is O=C1c2ccccc2C(Sc2ccccc2)N1CSc1ccccc1. The Morgan fingerprint density at radius 2 is 1.36 bits per heavy atom. The molecule has 0 saturated carbocycles. The molecule has 1 aliphatic rings. The number of hydrogen-bond donors (Lipinski definition) is 0. The maximum Gasteiger partial charge on any atom is 0.256 e. The van der Waals surface area contributed by atoms with Crippen molar-refractivity contribution in [2.75, 3.05) is 5.88 Å². The lowest BCUT2D eigenvalue weighted by Crippen LogP contribution is -2.26. The fourth-order valence-corrected chi connectivity index (χ4v) is 5.08. The first kappa shape index (κ1) is 16.3. The van der Waals surface area contributed by atoms with Gasteiger partial charge in [0.1, 0.15) is 5.37 Å². The number of benzene rings is 3. The van der Waals surface area contributed by atoms with Crippen molar-refractivity contribution in [1.82, 2.24) is 4.90 Å². The van der Waals surface area contributed by atoms with Crippen LogP contribution in [0.5, 0.6) is 0 Å². The first-order valence-corrected chi connectivity index (χ1v) is 9.99. The molecule has 0 bridgehead atoms. The van der Waals surface area contributed by atoms with Crippen molar-refractivity contribution in [1.29, 1.82) is 0 Å². The zero-order valence-electron chi connectivity index (χ0n) is 13.5. The van der Waals surface area contributed by atoms with Crippen molar-refractivity contribution in [2.45, 2.75) is 15.2 Å². The maximum atomic E-state index is 12.9. The van der Waals surface area contributed by atoms with Crippen LogP contribution >= 0.6 is 23.5 Å². The largest absolute Gasteiger partial charge is 0.313 e. The predicted octanol–water partition coefficient (Wildman–Crippen LogP) is 5.68. The summed E-state index contributed by atoms with van der Waals surface area (Å²) in [5, 5.41) is 0.0160. The fourth-order valence-electron chi connectivity index (χ4n) is 2.88.